The van der Waals surface area contributed by atoms with Crippen LogP contribution in [0, 0.1) is 5.92 Å². The third kappa shape index (κ3) is 5.84. The van der Waals surface area contributed by atoms with Gasteiger partial charge in [-0.05, 0) is 17.9 Å². The lowest BCUT2D eigenvalue weighted by Crippen LogP contribution is -2.43. The molecule has 110 valence electrons. The highest BCUT2D eigenvalue weighted by molar-refractivity contribution is 5.81. The Hall–Kier alpha value is -1.88. The largest absolute Gasteiger partial charge is 0.481 e. The van der Waals surface area contributed by atoms with Crippen LogP contribution < -0.4 is 11.1 Å². The molecule has 20 heavy (non-hydrogen) atoms. The Kier molecular flexibility index (Phi) is 6.73. The third-order valence-corrected chi connectivity index (χ3v) is 3.24. The summed E-state index contributed by atoms with van der Waals surface area (Å²) in [6.07, 6.45) is 1.24. The molecular weight excluding hydrogens is 256 g/mol. The Morgan fingerprint density at radius 2 is 1.95 bits per heavy atom. The summed E-state index contributed by atoms with van der Waals surface area (Å²) in [6.45, 7) is 2.26. The maximum absolute atomic E-state index is 11.9. The standard InChI is InChI=1S/C15H22N2O3/c1-2-11(9-14(18)19)10-17-15(20)13(16)8-12-6-4-3-5-7-12/h3-7,11,13H,2,8-10,16H2,1H3,(H,17,20)(H,18,19)/t11?,13-/m1/s1. The van der Waals surface area contributed by atoms with Crippen LogP contribution in [-0.4, -0.2) is 29.6 Å². The van der Waals surface area contributed by atoms with Gasteiger partial charge in [-0.2, -0.15) is 0 Å². The van der Waals surface area contributed by atoms with Gasteiger partial charge in [0.2, 0.25) is 5.91 Å². The molecule has 5 nitrogen and oxygen atoms in total. The predicted molar refractivity (Wildman–Crippen MR) is 77.2 cm³/mol. The first-order chi connectivity index (χ1) is 9.52. The molecule has 1 amide bonds. The Labute approximate surface area is 119 Å². The van der Waals surface area contributed by atoms with Crippen molar-refractivity contribution in [1.82, 2.24) is 5.32 Å². The fraction of sp³-hybridized carbons (Fsp3) is 0.467. The first kappa shape index (κ1) is 16.2. The Morgan fingerprint density at radius 1 is 1.30 bits per heavy atom. The second kappa shape index (κ2) is 8.32. The van der Waals surface area contributed by atoms with Crippen molar-refractivity contribution in [3.05, 3.63) is 35.9 Å². The molecule has 0 fully saturated rings. The summed E-state index contributed by atoms with van der Waals surface area (Å²) in [5.41, 5.74) is 6.86. The molecule has 1 aromatic carbocycles. The van der Waals surface area contributed by atoms with E-state index in [-0.39, 0.29) is 18.2 Å². The molecule has 0 aliphatic rings. The van der Waals surface area contributed by atoms with Gasteiger partial charge in [0.05, 0.1) is 6.04 Å². The van der Waals surface area contributed by atoms with E-state index in [4.69, 9.17) is 10.8 Å². The van der Waals surface area contributed by atoms with Gasteiger partial charge in [-0.15, -0.1) is 0 Å². The van der Waals surface area contributed by atoms with Gasteiger partial charge in [0.15, 0.2) is 0 Å². The second-order valence-electron chi connectivity index (χ2n) is 4.91. The molecule has 5 heteroatoms. The highest BCUT2D eigenvalue weighted by atomic mass is 16.4. The van der Waals surface area contributed by atoms with Crippen LogP contribution in [0.1, 0.15) is 25.3 Å². The number of carboxylic acid groups (broad SMARTS) is 1. The van der Waals surface area contributed by atoms with E-state index in [1.165, 1.54) is 0 Å². The molecule has 1 unspecified atom stereocenters. The monoisotopic (exact) mass is 278 g/mol. The van der Waals surface area contributed by atoms with Crippen LogP contribution in [0.2, 0.25) is 0 Å². The van der Waals surface area contributed by atoms with E-state index in [0.29, 0.717) is 19.4 Å². The number of hydrogen-bond donors (Lipinski definition) is 3. The number of nitrogens with two attached hydrogens (primary N) is 1. The molecule has 0 aliphatic carbocycles. The molecule has 0 heterocycles. The number of carbonyl (C=O) groups excluding carboxylic acids is 1. The van der Waals surface area contributed by atoms with Gasteiger partial charge in [-0.3, -0.25) is 9.59 Å². The van der Waals surface area contributed by atoms with E-state index in [9.17, 15) is 9.59 Å². The third-order valence-electron chi connectivity index (χ3n) is 3.24. The average molecular weight is 278 g/mol. The first-order valence-electron chi connectivity index (χ1n) is 6.82. The van der Waals surface area contributed by atoms with Gasteiger partial charge in [-0.1, -0.05) is 43.7 Å². The lowest BCUT2D eigenvalue weighted by molar-refractivity contribution is -0.138. The summed E-state index contributed by atoms with van der Waals surface area (Å²) in [6, 6.07) is 8.95. The molecule has 0 aromatic heterocycles. The summed E-state index contributed by atoms with van der Waals surface area (Å²) < 4.78 is 0. The molecule has 0 radical (unpaired) electrons. The van der Waals surface area contributed by atoms with E-state index in [0.717, 1.165) is 5.56 Å². The smallest absolute Gasteiger partial charge is 0.303 e. The van der Waals surface area contributed by atoms with Crippen molar-refractivity contribution in [3.8, 4) is 0 Å². The fourth-order valence-corrected chi connectivity index (χ4v) is 1.94. The van der Waals surface area contributed by atoms with E-state index in [1.807, 2.05) is 37.3 Å². The van der Waals surface area contributed by atoms with E-state index >= 15 is 0 Å². The zero-order valence-electron chi connectivity index (χ0n) is 11.7. The number of benzene rings is 1. The Balaban J connectivity index is 2.39. The highest BCUT2D eigenvalue weighted by Crippen LogP contribution is 2.07. The minimum absolute atomic E-state index is 0.0552. The van der Waals surface area contributed by atoms with E-state index < -0.39 is 12.0 Å². The number of carbonyl (C=O) groups is 2. The van der Waals surface area contributed by atoms with Crippen molar-refractivity contribution in [3.63, 3.8) is 0 Å². The van der Waals surface area contributed by atoms with Crippen LogP contribution in [0.25, 0.3) is 0 Å². The van der Waals surface area contributed by atoms with Crippen molar-refractivity contribution in [2.75, 3.05) is 6.54 Å². The van der Waals surface area contributed by atoms with Crippen LogP contribution in [0.4, 0.5) is 0 Å². The Bertz CT molecular complexity index is 434. The molecule has 0 bridgehead atoms. The van der Waals surface area contributed by atoms with Gasteiger partial charge in [-0.25, -0.2) is 0 Å². The van der Waals surface area contributed by atoms with Crippen molar-refractivity contribution < 1.29 is 14.7 Å². The van der Waals surface area contributed by atoms with Crippen LogP contribution in [-0.2, 0) is 16.0 Å². The van der Waals surface area contributed by atoms with Gasteiger partial charge in [0, 0.05) is 13.0 Å². The molecule has 0 saturated heterocycles. The normalized spacial score (nSPS) is 13.5. The average Bonchev–Trinajstić information content (AvgIpc) is 2.43. The van der Waals surface area contributed by atoms with Gasteiger partial charge in [0.25, 0.3) is 0 Å². The highest BCUT2D eigenvalue weighted by Gasteiger charge is 2.17. The minimum Gasteiger partial charge on any atom is -0.481 e. The maximum Gasteiger partial charge on any atom is 0.303 e. The number of nitrogens with one attached hydrogen (secondary N) is 1. The van der Waals surface area contributed by atoms with Crippen LogP contribution in [0.5, 0.6) is 0 Å². The predicted octanol–water partition coefficient (Wildman–Crippen LogP) is 1.17. The van der Waals surface area contributed by atoms with Gasteiger partial charge >= 0.3 is 5.97 Å². The lowest BCUT2D eigenvalue weighted by atomic mass is 10.0. The number of hydrogen-bond acceptors (Lipinski definition) is 3. The van der Waals surface area contributed by atoms with E-state index in [1.54, 1.807) is 0 Å². The van der Waals surface area contributed by atoms with Crippen LogP contribution >= 0.6 is 0 Å². The van der Waals surface area contributed by atoms with Crippen LogP contribution in [0.15, 0.2) is 30.3 Å². The van der Waals surface area contributed by atoms with Gasteiger partial charge < -0.3 is 16.2 Å². The topological polar surface area (TPSA) is 92.4 Å². The minimum atomic E-state index is -0.848. The number of amides is 1. The fourth-order valence-electron chi connectivity index (χ4n) is 1.94. The molecule has 2 atom stereocenters. The maximum atomic E-state index is 11.9. The summed E-state index contributed by atoms with van der Waals surface area (Å²) in [4.78, 5) is 22.5. The van der Waals surface area contributed by atoms with Crippen molar-refractivity contribution >= 4 is 11.9 Å². The number of aliphatic carboxylic acids is 1. The summed E-state index contributed by atoms with van der Waals surface area (Å²) >= 11 is 0. The first-order valence-corrected chi connectivity index (χ1v) is 6.82. The van der Waals surface area contributed by atoms with Crippen LogP contribution in [0.3, 0.4) is 0 Å². The van der Waals surface area contributed by atoms with Crippen molar-refractivity contribution in [2.24, 2.45) is 11.7 Å². The summed E-state index contributed by atoms with van der Waals surface area (Å²) in [5, 5.41) is 11.5. The van der Waals surface area contributed by atoms with Crippen molar-refractivity contribution in [2.45, 2.75) is 32.2 Å². The molecule has 0 spiro atoms. The second-order valence-corrected chi connectivity index (χ2v) is 4.91. The molecule has 0 aliphatic heterocycles. The molecule has 0 saturated carbocycles. The quantitative estimate of drug-likeness (QED) is 0.665. The number of carboxylic acids is 1. The zero-order chi connectivity index (χ0) is 15.0. The van der Waals surface area contributed by atoms with E-state index in [2.05, 4.69) is 5.32 Å². The molecule has 1 aromatic rings. The zero-order valence-corrected chi connectivity index (χ0v) is 11.7. The molecule has 4 N–H and O–H groups in total. The van der Waals surface area contributed by atoms with Gasteiger partial charge in [0.1, 0.15) is 0 Å². The molecular formula is C15H22N2O3. The lowest BCUT2D eigenvalue weighted by Gasteiger charge is -2.16. The SMILES string of the molecule is CCC(CNC(=O)[C@H](N)Cc1ccccc1)CC(=O)O. The molecule has 1 rings (SSSR count). The number of rotatable bonds is 8. The van der Waals surface area contributed by atoms with Crippen molar-refractivity contribution in [1.29, 1.82) is 0 Å². The summed E-state index contributed by atoms with van der Waals surface area (Å²) in [7, 11) is 0. The summed E-state index contributed by atoms with van der Waals surface area (Å²) in [5.74, 6) is -1.14. The Morgan fingerprint density at radius 3 is 2.50 bits per heavy atom.